The van der Waals surface area contributed by atoms with Gasteiger partial charge in [-0.15, -0.1) is 0 Å². The number of rotatable bonds is 2. The molecule has 0 radical (unpaired) electrons. The minimum Gasteiger partial charge on any atom is -0.496 e. The molecule has 1 rings (SSSR count). The number of halogens is 2. The third kappa shape index (κ3) is 2.27. The number of hydrogen-bond acceptors (Lipinski definition) is 2. The Balaban J connectivity index is 3.30. The Kier molecular flexibility index (Phi) is 3.42. The third-order valence-corrected chi connectivity index (χ3v) is 2.26. The second kappa shape index (κ2) is 4.18. The maximum absolute atomic E-state index is 5.96. The van der Waals surface area contributed by atoms with E-state index in [-0.39, 0.29) is 6.04 Å². The van der Waals surface area contributed by atoms with E-state index in [0.717, 1.165) is 5.56 Å². The summed E-state index contributed by atoms with van der Waals surface area (Å²) in [5.41, 5.74) is 6.52. The summed E-state index contributed by atoms with van der Waals surface area (Å²) >= 11 is 11.8. The minimum atomic E-state index is -0.167. The number of methoxy groups -OCH3 is 1. The highest BCUT2D eigenvalue weighted by molar-refractivity contribution is 6.35. The van der Waals surface area contributed by atoms with Gasteiger partial charge in [-0.25, -0.2) is 0 Å². The van der Waals surface area contributed by atoms with Crippen LogP contribution >= 0.6 is 23.2 Å². The Labute approximate surface area is 87.6 Å². The number of hydrogen-bond donors (Lipinski definition) is 1. The van der Waals surface area contributed by atoms with E-state index in [0.29, 0.717) is 15.8 Å². The maximum Gasteiger partial charge on any atom is 0.126 e. The molecule has 0 heterocycles. The Morgan fingerprint density at radius 2 is 2.00 bits per heavy atom. The van der Waals surface area contributed by atoms with E-state index in [4.69, 9.17) is 33.7 Å². The lowest BCUT2D eigenvalue weighted by molar-refractivity contribution is 0.407. The van der Waals surface area contributed by atoms with Crippen molar-refractivity contribution in [3.8, 4) is 5.75 Å². The molecule has 13 heavy (non-hydrogen) atoms. The van der Waals surface area contributed by atoms with Crippen molar-refractivity contribution in [1.29, 1.82) is 0 Å². The second-order valence-corrected chi connectivity index (χ2v) is 3.64. The lowest BCUT2D eigenvalue weighted by Gasteiger charge is -2.13. The van der Waals surface area contributed by atoms with Gasteiger partial charge in [-0.1, -0.05) is 23.2 Å². The molecule has 1 aromatic carbocycles. The molecular formula is C9H11Cl2NO. The van der Waals surface area contributed by atoms with Crippen LogP contribution in [-0.2, 0) is 0 Å². The normalized spacial score (nSPS) is 12.7. The number of benzene rings is 1. The van der Waals surface area contributed by atoms with Crippen molar-refractivity contribution < 1.29 is 4.74 Å². The smallest absolute Gasteiger partial charge is 0.126 e. The molecule has 0 aromatic heterocycles. The Morgan fingerprint density at radius 1 is 1.38 bits per heavy atom. The Morgan fingerprint density at radius 3 is 2.46 bits per heavy atom. The van der Waals surface area contributed by atoms with E-state index in [1.54, 1.807) is 19.2 Å². The van der Waals surface area contributed by atoms with Gasteiger partial charge in [0.05, 0.1) is 12.1 Å². The van der Waals surface area contributed by atoms with Gasteiger partial charge in [0.2, 0.25) is 0 Å². The average Bonchev–Trinajstić information content (AvgIpc) is 2.01. The van der Waals surface area contributed by atoms with Gasteiger partial charge in [0.15, 0.2) is 0 Å². The maximum atomic E-state index is 5.96. The van der Waals surface area contributed by atoms with Crippen LogP contribution in [0.1, 0.15) is 18.5 Å². The van der Waals surface area contributed by atoms with Gasteiger partial charge < -0.3 is 10.5 Å². The van der Waals surface area contributed by atoms with E-state index in [1.165, 1.54) is 0 Å². The van der Waals surface area contributed by atoms with Gasteiger partial charge in [0, 0.05) is 16.6 Å². The summed E-state index contributed by atoms with van der Waals surface area (Å²) in [6.07, 6.45) is 0. The van der Waals surface area contributed by atoms with E-state index in [9.17, 15) is 0 Å². The molecule has 0 amide bonds. The van der Waals surface area contributed by atoms with Crippen LogP contribution in [-0.4, -0.2) is 7.11 Å². The molecule has 0 saturated carbocycles. The molecule has 1 atom stereocenters. The quantitative estimate of drug-likeness (QED) is 0.831. The molecule has 4 heteroatoms. The van der Waals surface area contributed by atoms with Crippen molar-refractivity contribution >= 4 is 23.2 Å². The first-order chi connectivity index (χ1) is 6.06. The summed E-state index contributed by atoms with van der Waals surface area (Å²) in [6, 6.07) is 3.19. The molecule has 0 aliphatic carbocycles. The van der Waals surface area contributed by atoms with Crippen LogP contribution in [0.2, 0.25) is 10.0 Å². The van der Waals surface area contributed by atoms with Crippen molar-refractivity contribution in [2.45, 2.75) is 13.0 Å². The van der Waals surface area contributed by atoms with E-state index >= 15 is 0 Å². The highest BCUT2D eigenvalue weighted by Gasteiger charge is 2.12. The van der Waals surface area contributed by atoms with Gasteiger partial charge >= 0.3 is 0 Å². The predicted octanol–water partition coefficient (Wildman–Crippen LogP) is 3.02. The molecule has 0 aliphatic rings. The van der Waals surface area contributed by atoms with Gasteiger partial charge in [0.1, 0.15) is 5.75 Å². The van der Waals surface area contributed by atoms with Gasteiger partial charge in [-0.05, 0) is 19.1 Å². The van der Waals surface area contributed by atoms with Crippen LogP contribution in [0.15, 0.2) is 12.1 Å². The standard InChI is InChI=1S/C9H11Cl2NO/c1-5(12)9-7(11)3-6(10)4-8(9)13-2/h3-5H,12H2,1-2H3. The Hall–Kier alpha value is -0.440. The molecule has 0 aliphatic heterocycles. The zero-order chi connectivity index (χ0) is 10.0. The van der Waals surface area contributed by atoms with E-state index < -0.39 is 0 Å². The summed E-state index contributed by atoms with van der Waals surface area (Å²) in [5, 5.41) is 1.09. The fourth-order valence-corrected chi connectivity index (χ4v) is 1.82. The SMILES string of the molecule is COc1cc(Cl)cc(Cl)c1C(C)N. The molecule has 72 valence electrons. The van der Waals surface area contributed by atoms with Gasteiger partial charge in [0.25, 0.3) is 0 Å². The molecule has 2 nitrogen and oxygen atoms in total. The topological polar surface area (TPSA) is 35.2 Å². The van der Waals surface area contributed by atoms with Crippen molar-refractivity contribution in [2.24, 2.45) is 5.73 Å². The molecule has 0 bridgehead atoms. The van der Waals surface area contributed by atoms with Crippen molar-refractivity contribution in [3.05, 3.63) is 27.7 Å². The zero-order valence-electron chi connectivity index (χ0n) is 7.47. The number of ether oxygens (including phenoxy) is 1. The summed E-state index contributed by atoms with van der Waals surface area (Å²) in [5.74, 6) is 0.632. The third-order valence-electron chi connectivity index (χ3n) is 1.73. The first kappa shape index (κ1) is 10.6. The zero-order valence-corrected chi connectivity index (χ0v) is 8.99. The first-order valence-electron chi connectivity index (χ1n) is 3.84. The summed E-state index contributed by atoms with van der Waals surface area (Å²) in [6.45, 7) is 1.84. The molecular weight excluding hydrogens is 209 g/mol. The average molecular weight is 220 g/mol. The van der Waals surface area contributed by atoms with Crippen LogP contribution in [0.3, 0.4) is 0 Å². The minimum absolute atomic E-state index is 0.167. The van der Waals surface area contributed by atoms with Crippen LogP contribution in [0.5, 0.6) is 5.75 Å². The largest absolute Gasteiger partial charge is 0.496 e. The number of nitrogens with two attached hydrogens (primary N) is 1. The summed E-state index contributed by atoms with van der Waals surface area (Å²) < 4.78 is 5.12. The molecule has 1 unspecified atom stereocenters. The lowest BCUT2D eigenvalue weighted by Crippen LogP contribution is -2.07. The van der Waals surface area contributed by atoms with Crippen molar-refractivity contribution in [3.63, 3.8) is 0 Å². The van der Waals surface area contributed by atoms with Crippen LogP contribution < -0.4 is 10.5 Å². The highest BCUT2D eigenvalue weighted by atomic mass is 35.5. The van der Waals surface area contributed by atoms with Crippen molar-refractivity contribution in [1.82, 2.24) is 0 Å². The van der Waals surface area contributed by atoms with E-state index in [2.05, 4.69) is 0 Å². The first-order valence-corrected chi connectivity index (χ1v) is 4.60. The van der Waals surface area contributed by atoms with Crippen molar-refractivity contribution in [2.75, 3.05) is 7.11 Å². The molecule has 2 N–H and O–H groups in total. The van der Waals surface area contributed by atoms with E-state index in [1.807, 2.05) is 6.92 Å². The summed E-state index contributed by atoms with van der Waals surface area (Å²) in [7, 11) is 1.56. The Bertz CT molecular complexity index is 313. The van der Waals surface area contributed by atoms with Crippen LogP contribution in [0.25, 0.3) is 0 Å². The highest BCUT2D eigenvalue weighted by Crippen LogP contribution is 2.34. The molecule has 0 spiro atoms. The molecule has 0 fully saturated rings. The summed E-state index contributed by atoms with van der Waals surface area (Å²) in [4.78, 5) is 0. The monoisotopic (exact) mass is 219 g/mol. The van der Waals surface area contributed by atoms with Gasteiger partial charge in [-0.2, -0.15) is 0 Å². The van der Waals surface area contributed by atoms with Gasteiger partial charge in [-0.3, -0.25) is 0 Å². The van der Waals surface area contributed by atoms with Crippen LogP contribution in [0, 0.1) is 0 Å². The molecule has 1 aromatic rings. The molecule has 0 saturated heterocycles. The predicted molar refractivity (Wildman–Crippen MR) is 55.6 cm³/mol. The lowest BCUT2D eigenvalue weighted by atomic mass is 10.1. The second-order valence-electron chi connectivity index (χ2n) is 2.79. The van der Waals surface area contributed by atoms with Crippen LogP contribution in [0.4, 0.5) is 0 Å². The fraction of sp³-hybridized carbons (Fsp3) is 0.333. The fourth-order valence-electron chi connectivity index (χ4n) is 1.17.